The second-order valence-electron chi connectivity index (χ2n) is 8.55. The Morgan fingerprint density at radius 1 is 0.821 bits per heavy atom. The molecule has 2 aliphatic heterocycles. The molecule has 0 bridgehead atoms. The highest BCUT2D eigenvalue weighted by Crippen LogP contribution is 2.31. The molecule has 0 saturated carbocycles. The molecule has 0 spiro atoms. The lowest BCUT2D eigenvalue weighted by atomic mass is 9.90. The molecule has 2 aliphatic rings. The third kappa shape index (κ3) is 3.94. The van der Waals surface area contributed by atoms with E-state index in [9.17, 15) is 4.79 Å². The van der Waals surface area contributed by atoms with E-state index in [1.54, 1.807) is 0 Å². The molecule has 0 N–H and O–H groups in total. The molecule has 0 aromatic heterocycles. The van der Waals surface area contributed by atoms with Crippen molar-refractivity contribution in [1.29, 1.82) is 0 Å². The maximum absolute atomic E-state index is 13.2. The van der Waals surface area contributed by atoms with Gasteiger partial charge in [0, 0.05) is 36.8 Å². The minimum absolute atomic E-state index is 0.191. The topological polar surface area (TPSA) is 23.6 Å². The molecular formula is C25H32N2O. The smallest absolute Gasteiger partial charge is 0.226 e. The van der Waals surface area contributed by atoms with E-state index in [4.69, 9.17) is 0 Å². The van der Waals surface area contributed by atoms with E-state index in [0.29, 0.717) is 18.0 Å². The second-order valence-corrected chi connectivity index (χ2v) is 8.55. The molecule has 3 nitrogen and oxygen atoms in total. The highest BCUT2D eigenvalue weighted by atomic mass is 16.2. The summed E-state index contributed by atoms with van der Waals surface area (Å²) in [5.41, 5.74) is 3.78. The zero-order chi connectivity index (χ0) is 19.5. The summed E-state index contributed by atoms with van der Waals surface area (Å²) < 4.78 is 0. The molecule has 0 aliphatic carbocycles. The molecule has 2 unspecified atom stereocenters. The standard InChI is InChI=1S/C25H32N2O/c1-19-8-6-9-20(2)27(19)25(28)22-14-16-26(17-15-22)24-13-7-12-23(18-24)21-10-4-3-5-11-21/h3-5,7,10-13,18-20,22H,6,8-9,14-17H2,1-2H3. The SMILES string of the molecule is CC1CCCC(C)N1C(=O)C1CCN(c2cccc(-c3ccccc3)c2)CC1. The zero-order valence-corrected chi connectivity index (χ0v) is 17.2. The zero-order valence-electron chi connectivity index (χ0n) is 17.2. The van der Waals surface area contributed by atoms with Crippen molar-refractivity contribution in [3.8, 4) is 11.1 Å². The number of rotatable bonds is 3. The largest absolute Gasteiger partial charge is 0.371 e. The molecule has 3 heteroatoms. The van der Waals surface area contributed by atoms with Gasteiger partial charge >= 0.3 is 0 Å². The summed E-state index contributed by atoms with van der Waals surface area (Å²) in [5, 5.41) is 0. The summed E-state index contributed by atoms with van der Waals surface area (Å²) in [6.45, 7) is 6.37. The normalized spacial score (nSPS) is 23.6. The van der Waals surface area contributed by atoms with E-state index in [0.717, 1.165) is 38.8 Å². The van der Waals surface area contributed by atoms with Crippen LogP contribution in [-0.2, 0) is 4.79 Å². The number of hydrogen-bond donors (Lipinski definition) is 0. The number of nitrogens with zero attached hydrogens (tertiary/aromatic N) is 2. The fraction of sp³-hybridized carbons (Fsp3) is 0.480. The average molecular weight is 377 g/mol. The third-order valence-corrected chi connectivity index (χ3v) is 6.61. The quantitative estimate of drug-likeness (QED) is 0.720. The number of piperidine rings is 2. The van der Waals surface area contributed by atoms with Crippen LogP contribution in [0.5, 0.6) is 0 Å². The van der Waals surface area contributed by atoms with Crippen LogP contribution in [0.3, 0.4) is 0 Å². The summed E-state index contributed by atoms with van der Waals surface area (Å²) in [7, 11) is 0. The van der Waals surface area contributed by atoms with Gasteiger partial charge in [-0.15, -0.1) is 0 Å². The Morgan fingerprint density at radius 2 is 1.46 bits per heavy atom. The number of anilines is 1. The van der Waals surface area contributed by atoms with E-state index in [-0.39, 0.29) is 5.92 Å². The molecule has 1 amide bonds. The van der Waals surface area contributed by atoms with Crippen LogP contribution in [0.1, 0.15) is 46.0 Å². The lowest BCUT2D eigenvalue weighted by molar-refractivity contribution is -0.142. The van der Waals surface area contributed by atoms with Crippen LogP contribution in [-0.4, -0.2) is 36.0 Å². The Morgan fingerprint density at radius 3 is 2.14 bits per heavy atom. The predicted molar refractivity (Wildman–Crippen MR) is 116 cm³/mol. The Labute approximate surface area is 169 Å². The Hall–Kier alpha value is -2.29. The van der Waals surface area contributed by atoms with E-state index >= 15 is 0 Å². The lowest BCUT2D eigenvalue weighted by Crippen LogP contribution is -2.51. The lowest BCUT2D eigenvalue weighted by Gasteiger charge is -2.42. The number of carbonyl (C=O) groups is 1. The molecular weight excluding hydrogens is 344 g/mol. The average Bonchev–Trinajstić information content (AvgIpc) is 2.74. The van der Waals surface area contributed by atoms with E-state index in [1.165, 1.54) is 23.2 Å². The van der Waals surface area contributed by atoms with Gasteiger partial charge in [0.15, 0.2) is 0 Å². The van der Waals surface area contributed by atoms with Gasteiger partial charge in [-0.2, -0.15) is 0 Å². The van der Waals surface area contributed by atoms with Crippen LogP contribution in [0, 0.1) is 5.92 Å². The third-order valence-electron chi connectivity index (χ3n) is 6.61. The van der Waals surface area contributed by atoms with Crippen LogP contribution >= 0.6 is 0 Å². The van der Waals surface area contributed by atoms with Gasteiger partial charge in [-0.05, 0) is 69.2 Å². The van der Waals surface area contributed by atoms with Crippen molar-refractivity contribution in [1.82, 2.24) is 4.90 Å². The molecule has 148 valence electrons. The maximum atomic E-state index is 13.2. The van der Waals surface area contributed by atoms with Crippen molar-refractivity contribution in [3.05, 3.63) is 54.6 Å². The molecule has 0 radical (unpaired) electrons. The van der Waals surface area contributed by atoms with Gasteiger partial charge in [-0.25, -0.2) is 0 Å². The van der Waals surface area contributed by atoms with Gasteiger partial charge in [-0.3, -0.25) is 4.79 Å². The molecule has 2 heterocycles. The van der Waals surface area contributed by atoms with Crippen molar-refractivity contribution in [2.75, 3.05) is 18.0 Å². The van der Waals surface area contributed by atoms with Gasteiger partial charge in [0.2, 0.25) is 5.91 Å². The van der Waals surface area contributed by atoms with Crippen LogP contribution in [0.25, 0.3) is 11.1 Å². The minimum atomic E-state index is 0.191. The van der Waals surface area contributed by atoms with Crippen molar-refractivity contribution in [2.45, 2.75) is 58.0 Å². The van der Waals surface area contributed by atoms with Gasteiger partial charge in [-0.1, -0.05) is 42.5 Å². The van der Waals surface area contributed by atoms with Gasteiger partial charge in [0.05, 0.1) is 0 Å². The van der Waals surface area contributed by atoms with Crippen LogP contribution < -0.4 is 4.90 Å². The maximum Gasteiger partial charge on any atom is 0.226 e. The van der Waals surface area contributed by atoms with Crippen molar-refractivity contribution >= 4 is 11.6 Å². The monoisotopic (exact) mass is 376 g/mol. The predicted octanol–water partition coefficient (Wildman–Crippen LogP) is 5.36. The van der Waals surface area contributed by atoms with Crippen molar-refractivity contribution in [3.63, 3.8) is 0 Å². The van der Waals surface area contributed by atoms with Gasteiger partial charge in [0.25, 0.3) is 0 Å². The molecule has 4 rings (SSSR count). The van der Waals surface area contributed by atoms with Gasteiger partial charge in [0.1, 0.15) is 0 Å². The summed E-state index contributed by atoms with van der Waals surface area (Å²) in [6, 6.07) is 20.1. The second kappa shape index (κ2) is 8.38. The highest BCUT2D eigenvalue weighted by Gasteiger charge is 2.34. The number of carbonyl (C=O) groups excluding carboxylic acids is 1. The number of amides is 1. The molecule has 2 atom stereocenters. The van der Waals surface area contributed by atoms with Crippen LogP contribution in [0.4, 0.5) is 5.69 Å². The number of benzene rings is 2. The summed E-state index contributed by atoms with van der Waals surface area (Å²) in [5.74, 6) is 0.592. The number of hydrogen-bond acceptors (Lipinski definition) is 2. The first kappa shape index (κ1) is 19.0. The molecule has 2 fully saturated rings. The van der Waals surface area contributed by atoms with Gasteiger partial charge < -0.3 is 9.80 Å². The van der Waals surface area contributed by atoms with E-state index in [2.05, 4.69) is 78.2 Å². The van der Waals surface area contributed by atoms with Crippen molar-refractivity contribution in [2.24, 2.45) is 5.92 Å². The number of likely N-dealkylation sites (tertiary alicyclic amines) is 1. The fourth-order valence-electron chi connectivity index (χ4n) is 4.96. The first-order valence-corrected chi connectivity index (χ1v) is 10.9. The summed E-state index contributed by atoms with van der Waals surface area (Å²) in [4.78, 5) is 17.8. The Bertz CT molecular complexity index is 785. The van der Waals surface area contributed by atoms with Crippen LogP contribution in [0.15, 0.2) is 54.6 Å². The Balaban J connectivity index is 1.41. The van der Waals surface area contributed by atoms with Crippen molar-refractivity contribution < 1.29 is 4.79 Å². The van der Waals surface area contributed by atoms with Crippen LogP contribution in [0.2, 0.25) is 0 Å². The summed E-state index contributed by atoms with van der Waals surface area (Å²) in [6.07, 6.45) is 5.49. The molecule has 2 saturated heterocycles. The first-order valence-electron chi connectivity index (χ1n) is 10.9. The molecule has 2 aromatic carbocycles. The first-order chi connectivity index (χ1) is 13.6. The van der Waals surface area contributed by atoms with E-state index in [1.807, 2.05) is 0 Å². The highest BCUT2D eigenvalue weighted by molar-refractivity contribution is 5.80. The molecule has 2 aromatic rings. The fourth-order valence-corrected chi connectivity index (χ4v) is 4.96. The summed E-state index contributed by atoms with van der Waals surface area (Å²) >= 11 is 0. The Kier molecular flexibility index (Phi) is 5.70. The molecule has 28 heavy (non-hydrogen) atoms. The van der Waals surface area contributed by atoms with E-state index < -0.39 is 0 Å². The minimum Gasteiger partial charge on any atom is -0.371 e.